The van der Waals surface area contributed by atoms with E-state index in [1.54, 1.807) is 0 Å². The molecule has 1 heterocycles. The number of fused-ring (bicyclic) bond motifs is 1. The first-order valence-electron chi connectivity index (χ1n) is 8.30. The molecule has 2 aliphatic rings. The number of anilines is 1. The van der Waals surface area contributed by atoms with Crippen LogP contribution in [0.15, 0.2) is 0 Å². The zero-order valence-corrected chi connectivity index (χ0v) is 15.0. The van der Waals surface area contributed by atoms with Gasteiger partial charge in [-0.05, 0) is 42.6 Å². The molecule has 5 nitrogen and oxygen atoms in total. The van der Waals surface area contributed by atoms with Crippen LogP contribution in [0.4, 0.5) is 5.00 Å². The minimum atomic E-state index is -0.922. The Hall–Kier alpha value is -1.87. The maximum atomic E-state index is 12.2. The zero-order valence-electron chi connectivity index (χ0n) is 14.2. The summed E-state index contributed by atoms with van der Waals surface area (Å²) in [6.07, 6.45) is 3.25. The van der Waals surface area contributed by atoms with Crippen LogP contribution >= 0.6 is 11.3 Å². The smallest absolute Gasteiger partial charge is 0.307 e. The lowest BCUT2D eigenvalue weighted by molar-refractivity contribution is -0.139. The fraction of sp³-hybridized carbons (Fsp3) is 0.611. The van der Waals surface area contributed by atoms with Crippen molar-refractivity contribution in [2.45, 2.75) is 46.5 Å². The van der Waals surface area contributed by atoms with E-state index in [2.05, 4.69) is 32.2 Å². The molecule has 0 aliphatic heterocycles. The minimum absolute atomic E-state index is 0.223. The van der Waals surface area contributed by atoms with Gasteiger partial charge in [0.1, 0.15) is 11.1 Å². The van der Waals surface area contributed by atoms with Crippen LogP contribution in [0.5, 0.6) is 0 Å². The van der Waals surface area contributed by atoms with Gasteiger partial charge in [0.15, 0.2) is 0 Å². The molecule has 6 heteroatoms. The van der Waals surface area contributed by atoms with Crippen molar-refractivity contribution in [3.8, 4) is 6.07 Å². The summed E-state index contributed by atoms with van der Waals surface area (Å²) in [6, 6.07) is 2.24. The van der Waals surface area contributed by atoms with Gasteiger partial charge in [-0.15, -0.1) is 11.3 Å². The summed E-state index contributed by atoms with van der Waals surface area (Å²) in [5, 5.41) is 21.9. The normalized spacial score (nSPS) is 25.5. The summed E-state index contributed by atoms with van der Waals surface area (Å²) in [5.41, 5.74) is 1.87. The number of carbonyl (C=O) groups excluding carboxylic acids is 1. The molecule has 1 aromatic heterocycles. The van der Waals surface area contributed by atoms with E-state index in [-0.39, 0.29) is 11.3 Å². The molecule has 2 N–H and O–H groups in total. The average Bonchev–Trinajstić information content (AvgIpc) is 3.22. The van der Waals surface area contributed by atoms with E-state index in [4.69, 9.17) is 5.11 Å². The number of nitriles is 1. The number of thiophene rings is 1. The van der Waals surface area contributed by atoms with Crippen LogP contribution in [0.1, 0.15) is 49.6 Å². The molecule has 128 valence electrons. The van der Waals surface area contributed by atoms with Crippen LogP contribution in [0.2, 0.25) is 0 Å². The number of hydrogen-bond donors (Lipinski definition) is 2. The lowest BCUT2D eigenvalue weighted by atomic mass is 9.72. The van der Waals surface area contributed by atoms with Crippen molar-refractivity contribution < 1.29 is 14.7 Å². The van der Waals surface area contributed by atoms with E-state index in [1.165, 1.54) is 16.2 Å². The van der Waals surface area contributed by atoms with Gasteiger partial charge in [-0.1, -0.05) is 20.8 Å². The summed E-state index contributed by atoms with van der Waals surface area (Å²) >= 11 is 1.49. The van der Waals surface area contributed by atoms with Crippen molar-refractivity contribution in [3.05, 3.63) is 16.0 Å². The van der Waals surface area contributed by atoms with Gasteiger partial charge in [0.25, 0.3) is 0 Å². The Morgan fingerprint density at radius 1 is 1.33 bits per heavy atom. The van der Waals surface area contributed by atoms with E-state index in [0.29, 0.717) is 22.9 Å². The Balaban J connectivity index is 1.79. The first-order valence-corrected chi connectivity index (χ1v) is 9.12. The van der Waals surface area contributed by atoms with E-state index in [0.717, 1.165) is 24.8 Å². The summed E-state index contributed by atoms with van der Waals surface area (Å²) in [5.74, 6) is -1.66. The molecular formula is C18H22N2O3S. The predicted octanol–water partition coefficient (Wildman–Crippen LogP) is 3.43. The first-order chi connectivity index (χ1) is 11.2. The Labute approximate surface area is 145 Å². The first kappa shape index (κ1) is 17.0. The van der Waals surface area contributed by atoms with Gasteiger partial charge >= 0.3 is 5.97 Å². The largest absolute Gasteiger partial charge is 0.481 e. The number of carbonyl (C=O) groups is 2. The molecule has 0 saturated heterocycles. The molecule has 0 spiro atoms. The predicted molar refractivity (Wildman–Crippen MR) is 91.9 cm³/mol. The summed E-state index contributed by atoms with van der Waals surface area (Å²) < 4.78 is 0. The van der Waals surface area contributed by atoms with Gasteiger partial charge in [-0.3, -0.25) is 9.59 Å². The topological polar surface area (TPSA) is 90.2 Å². The van der Waals surface area contributed by atoms with Crippen molar-refractivity contribution >= 4 is 28.2 Å². The minimum Gasteiger partial charge on any atom is -0.481 e. The van der Waals surface area contributed by atoms with Gasteiger partial charge in [0, 0.05) is 4.88 Å². The van der Waals surface area contributed by atoms with Gasteiger partial charge in [-0.2, -0.15) is 5.26 Å². The summed E-state index contributed by atoms with van der Waals surface area (Å²) in [6.45, 7) is 6.72. The number of nitrogens with one attached hydrogen (secondary N) is 1. The molecule has 1 aromatic rings. The third-order valence-corrected chi connectivity index (χ3v) is 6.45. The van der Waals surface area contributed by atoms with Crippen LogP contribution in [0.25, 0.3) is 0 Å². The van der Waals surface area contributed by atoms with Gasteiger partial charge in [0.05, 0.1) is 17.4 Å². The van der Waals surface area contributed by atoms with E-state index >= 15 is 0 Å². The Morgan fingerprint density at radius 2 is 2.04 bits per heavy atom. The number of aliphatic carboxylic acids is 1. The van der Waals surface area contributed by atoms with E-state index in [9.17, 15) is 14.9 Å². The maximum Gasteiger partial charge on any atom is 0.307 e. The maximum absolute atomic E-state index is 12.2. The highest BCUT2D eigenvalue weighted by molar-refractivity contribution is 7.16. The quantitative estimate of drug-likeness (QED) is 0.877. The van der Waals surface area contributed by atoms with Gasteiger partial charge in [-0.25, -0.2) is 0 Å². The molecule has 1 amide bonds. The van der Waals surface area contributed by atoms with Crippen molar-refractivity contribution in [1.29, 1.82) is 5.26 Å². The third kappa shape index (κ3) is 3.05. The summed E-state index contributed by atoms with van der Waals surface area (Å²) in [4.78, 5) is 24.3. The van der Waals surface area contributed by atoms with Crippen LogP contribution in [0, 0.1) is 34.5 Å². The number of hydrogen-bond acceptors (Lipinski definition) is 4. The Bertz CT molecular complexity index is 739. The molecule has 2 aliphatic carbocycles. The number of rotatable bonds is 3. The zero-order chi connectivity index (χ0) is 17.6. The second-order valence-corrected chi connectivity index (χ2v) is 9.01. The number of amides is 1. The van der Waals surface area contributed by atoms with Crippen molar-refractivity contribution in [2.24, 2.45) is 23.2 Å². The van der Waals surface area contributed by atoms with Crippen LogP contribution < -0.4 is 5.32 Å². The van der Waals surface area contributed by atoms with Crippen molar-refractivity contribution in [1.82, 2.24) is 0 Å². The molecule has 0 aromatic carbocycles. The highest BCUT2D eigenvalue weighted by Crippen LogP contribution is 2.45. The average molecular weight is 346 g/mol. The molecule has 24 heavy (non-hydrogen) atoms. The molecule has 0 bridgehead atoms. The third-order valence-electron chi connectivity index (χ3n) is 5.28. The van der Waals surface area contributed by atoms with Gasteiger partial charge < -0.3 is 10.4 Å². The molecule has 3 unspecified atom stereocenters. The second-order valence-electron chi connectivity index (χ2n) is 7.90. The van der Waals surface area contributed by atoms with Crippen LogP contribution in [-0.4, -0.2) is 17.0 Å². The lowest BCUT2D eigenvalue weighted by Gasteiger charge is -2.33. The Kier molecular flexibility index (Phi) is 4.16. The van der Waals surface area contributed by atoms with Crippen LogP contribution in [-0.2, 0) is 22.4 Å². The molecule has 3 atom stereocenters. The van der Waals surface area contributed by atoms with E-state index in [1.807, 2.05) is 0 Å². The van der Waals surface area contributed by atoms with Crippen LogP contribution in [0.3, 0.4) is 0 Å². The second kappa shape index (κ2) is 5.89. The number of carboxylic acids is 1. The molecule has 1 fully saturated rings. The van der Waals surface area contributed by atoms with Gasteiger partial charge in [0.2, 0.25) is 5.91 Å². The SMILES string of the molecule is CC(C)(C)C1CCc2c(sc(NC(=O)C3CC3C(=O)O)c2C#N)C1. The van der Waals surface area contributed by atoms with Crippen molar-refractivity contribution in [3.63, 3.8) is 0 Å². The van der Waals surface area contributed by atoms with E-state index < -0.39 is 17.8 Å². The highest BCUT2D eigenvalue weighted by Gasteiger charge is 2.48. The molecule has 3 rings (SSSR count). The fourth-order valence-electron chi connectivity index (χ4n) is 3.49. The number of carboxylic acid groups (broad SMARTS) is 1. The summed E-state index contributed by atoms with van der Waals surface area (Å²) in [7, 11) is 0. The molecule has 0 radical (unpaired) electrons. The Morgan fingerprint density at radius 3 is 2.58 bits per heavy atom. The molecule has 1 saturated carbocycles. The highest BCUT2D eigenvalue weighted by atomic mass is 32.1. The number of nitrogens with zero attached hydrogens (tertiary/aromatic N) is 1. The fourth-order valence-corrected chi connectivity index (χ4v) is 4.77. The monoisotopic (exact) mass is 346 g/mol. The molecular weight excluding hydrogens is 324 g/mol. The lowest BCUT2D eigenvalue weighted by Crippen LogP contribution is -2.26. The van der Waals surface area contributed by atoms with Crippen molar-refractivity contribution in [2.75, 3.05) is 5.32 Å². The standard InChI is InChI=1S/C18H22N2O3S/c1-18(2,3)9-4-5-10-13(8-19)16(24-14(10)6-9)20-15(21)11-7-12(11)17(22)23/h9,11-12H,4-7H2,1-3H3,(H,20,21)(H,22,23).